The summed E-state index contributed by atoms with van der Waals surface area (Å²) in [6.07, 6.45) is 1.51. The van der Waals surface area contributed by atoms with E-state index in [0.717, 1.165) is 36.5 Å². The van der Waals surface area contributed by atoms with Crippen LogP contribution in [0, 0.1) is 13.8 Å². The Labute approximate surface area is 108 Å². The molecule has 1 fully saturated rings. The summed E-state index contributed by atoms with van der Waals surface area (Å²) in [5.74, 6) is 0.183. The highest BCUT2D eigenvalue weighted by Crippen LogP contribution is 2.15. The van der Waals surface area contributed by atoms with E-state index < -0.39 is 0 Å². The third kappa shape index (κ3) is 2.41. The Morgan fingerprint density at radius 1 is 1.56 bits per heavy atom. The zero-order valence-electron chi connectivity index (χ0n) is 11.7. The minimum Gasteiger partial charge on any atom is -0.341 e. The summed E-state index contributed by atoms with van der Waals surface area (Å²) in [5.41, 5.74) is 3.11. The lowest BCUT2D eigenvalue weighted by molar-refractivity contribution is -0.130. The average molecular weight is 250 g/mol. The number of hydrogen-bond donors (Lipinski definition) is 1. The maximum Gasteiger partial charge on any atom is 0.227 e. The fraction of sp³-hybridized carbons (Fsp3) is 0.692. The van der Waals surface area contributed by atoms with Gasteiger partial charge >= 0.3 is 0 Å². The highest BCUT2D eigenvalue weighted by atomic mass is 16.2. The molecule has 1 saturated heterocycles. The summed E-state index contributed by atoms with van der Waals surface area (Å²) in [7, 11) is 3.82. The minimum absolute atomic E-state index is 0.183. The van der Waals surface area contributed by atoms with Gasteiger partial charge in [-0.2, -0.15) is 5.10 Å². The molecule has 0 bridgehead atoms. The Morgan fingerprint density at radius 2 is 2.28 bits per heavy atom. The Balaban J connectivity index is 2.06. The van der Waals surface area contributed by atoms with Gasteiger partial charge in [-0.15, -0.1) is 0 Å². The van der Waals surface area contributed by atoms with Crippen LogP contribution in [0.25, 0.3) is 0 Å². The molecule has 1 N–H and O–H groups in total. The molecule has 0 saturated carbocycles. The Morgan fingerprint density at radius 3 is 2.78 bits per heavy atom. The van der Waals surface area contributed by atoms with E-state index >= 15 is 0 Å². The summed E-state index contributed by atoms with van der Waals surface area (Å²) in [6, 6.07) is 0.342. The molecule has 0 aliphatic carbocycles. The molecule has 0 unspecified atom stereocenters. The molecule has 5 nitrogen and oxygen atoms in total. The van der Waals surface area contributed by atoms with Crippen molar-refractivity contribution in [3.05, 3.63) is 17.0 Å². The largest absolute Gasteiger partial charge is 0.341 e. The van der Waals surface area contributed by atoms with Crippen LogP contribution in [0.3, 0.4) is 0 Å². The standard InChI is InChI=1S/C13H22N4O/c1-9-12(10(2)17(4)15-9)7-13(18)16(3)11-5-6-14-8-11/h11,14H,5-8H2,1-4H3/t11-/m1/s1. The summed E-state index contributed by atoms with van der Waals surface area (Å²) in [6.45, 7) is 5.90. The molecule has 100 valence electrons. The number of likely N-dealkylation sites (N-methyl/N-ethyl adjacent to an activating group) is 1. The lowest BCUT2D eigenvalue weighted by atomic mass is 10.1. The van der Waals surface area contributed by atoms with Crippen LogP contribution in [-0.2, 0) is 18.3 Å². The van der Waals surface area contributed by atoms with Crippen molar-refractivity contribution < 1.29 is 4.79 Å². The van der Waals surface area contributed by atoms with Crippen LogP contribution >= 0.6 is 0 Å². The number of nitrogens with one attached hydrogen (secondary N) is 1. The van der Waals surface area contributed by atoms with Crippen molar-refractivity contribution in [3.8, 4) is 0 Å². The number of aromatic nitrogens is 2. The van der Waals surface area contributed by atoms with Crippen molar-refractivity contribution in [1.82, 2.24) is 20.0 Å². The van der Waals surface area contributed by atoms with Gasteiger partial charge in [0.25, 0.3) is 0 Å². The van der Waals surface area contributed by atoms with Crippen molar-refractivity contribution in [1.29, 1.82) is 0 Å². The fourth-order valence-corrected chi connectivity index (χ4v) is 2.52. The molecule has 1 aliphatic heterocycles. The van der Waals surface area contributed by atoms with Crippen LogP contribution in [0.15, 0.2) is 0 Å². The maximum atomic E-state index is 12.3. The lowest BCUT2D eigenvalue weighted by Crippen LogP contribution is -2.39. The highest BCUT2D eigenvalue weighted by Gasteiger charge is 2.24. The molecule has 5 heteroatoms. The number of carbonyl (C=O) groups is 1. The predicted molar refractivity (Wildman–Crippen MR) is 70.4 cm³/mol. The number of rotatable bonds is 3. The van der Waals surface area contributed by atoms with E-state index in [2.05, 4.69) is 10.4 Å². The number of hydrogen-bond acceptors (Lipinski definition) is 3. The van der Waals surface area contributed by atoms with E-state index in [1.807, 2.05) is 37.5 Å². The predicted octanol–water partition coefficient (Wildman–Crippen LogP) is 0.400. The summed E-state index contributed by atoms with van der Waals surface area (Å²) in [5, 5.41) is 7.64. The van der Waals surface area contributed by atoms with Gasteiger partial charge in [0.15, 0.2) is 0 Å². The minimum atomic E-state index is 0.183. The molecule has 0 aromatic carbocycles. The average Bonchev–Trinajstić information content (AvgIpc) is 2.93. The first-order valence-corrected chi connectivity index (χ1v) is 6.46. The first-order valence-electron chi connectivity index (χ1n) is 6.46. The quantitative estimate of drug-likeness (QED) is 0.845. The first-order chi connectivity index (χ1) is 8.50. The van der Waals surface area contributed by atoms with Crippen LogP contribution in [0.2, 0.25) is 0 Å². The van der Waals surface area contributed by atoms with Crippen molar-refractivity contribution in [2.45, 2.75) is 32.7 Å². The van der Waals surface area contributed by atoms with Gasteiger partial charge in [0, 0.05) is 37.9 Å². The first kappa shape index (κ1) is 13.1. The smallest absolute Gasteiger partial charge is 0.227 e. The molecule has 1 aliphatic rings. The van der Waals surface area contributed by atoms with Crippen molar-refractivity contribution >= 4 is 5.91 Å². The fourth-order valence-electron chi connectivity index (χ4n) is 2.52. The maximum absolute atomic E-state index is 12.3. The number of nitrogens with zero attached hydrogens (tertiary/aromatic N) is 3. The summed E-state index contributed by atoms with van der Waals surface area (Å²) in [4.78, 5) is 14.2. The van der Waals surface area contributed by atoms with Crippen LogP contribution in [0.1, 0.15) is 23.4 Å². The molecular weight excluding hydrogens is 228 g/mol. The van der Waals surface area contributed by atoms with Gasteiger partial charge in [-0.3, -0.25) is 9.48 Å². The molecule has 1 aromatic heterocycles. The van der Waals surface area contributed by atoms with E-state index in [1.165, 1.54) is 0 Å². The molecule has 0 radical (unpaired) electrons. The highest BCUT2D eigenvalue weighted by molar-refractivity contribution is 5.79. The van der Waals surface area contributed by atoms with Gasteiger partial charge in [0.2, 0.25) is 5.91 Å². The van der Waals surface area contributed by atoms with Gasteiger partial charge in [-0.05, 0) is 26.8 Å². The number of amides is 1. The van der Waals surface area contributed by atoms with Crippen LogP contribution < -0.4 is 5.32 Å². The van der Waals surface area contributed by atoms with E-state index in [0.29, 0.717) is 12.5 Å². The van der Waals surface area contributed by atoms with Crippen molar-refractivity contribution in [2.75, 3.05) is 20.1 Å². The molecule has 0 spiro atoms. The topological polar surface area (TPSA) is 50.2 Å². The molecular formula is C13H22N4O. The zero-order valence-corrected chi connectivity index (χ0v) is 11.7. The van der Waals surface area contributed by atoms with Crippen molar-refractivity contribution in [3.63, 3.8) is 0 Å². The van der Waals surface area contributed by atoms with E-state index in [1.54, 1.807) is 0 Å². The Kier molecular flexibility index (Phi) is 3.71. The Hall–Kier alpha value is -1.36. The lowest BCUT2D eigenvalue weighted by Gasteiger charge is -2.23. The molecule has 2 rings (SSSR count). The molecule has 1 atom stereocenters. The second kappa shape index (κ2) is 5.10. The molecule has 1 aromatic rings. The van der Waals surface area contributed by atoms with E-state index in [-0.39, 0.29) is 5.91 Å². The SMILES string of the molecule is Cc1nn(C)c(C)c1CC(=O)N(C)[C@@H]1CCNC1. The van der Waals surface area contributed by atoms with E-state index in [9.17, 15) is 4.79 Å². The number of carbonyl (C=O) groups excluding carboxylic acids is 1. The second-order valence-electron chi connectivity index (χ2n) is 5.10. The van der Waals surface area contributed by atoms with Crippen molar-refractivity contribution in [2.24, 2.45) is 7.05 Å². The van der Waals surface area contributed by atoms with Crippen LogP contribution in [0.4, 0.5) is 0 Å². The van der Waals surface area contributed by atoms with Gasteiger partial charge in [-0.25, -0.2) is 0 Å². The second-order valence-corrected chi connectivity index (χ2v) is 5.10. The summed E-state index contributed by atoms with van der Waals surface area (Å²) >= 11 is 0. The number of aryl methyl sites for hydroxylation is 2. The van der Waals surface area contributed by atoms with Gasteiger partial charge in [0.05, 0.1) is 12.1 Å². The Bertz CT molecular complexity index is 446. The molecule has 1 amide bonds. The van der Waals surface area contributed by atoms with Gasteiger partial charge in [-0.1, -0.05) is 0 Å². The van der Waals surface area contributed by atoms with Crippen LogP contribution in [0.5, 0.6) is 0 Å². The third-order valence-corrected chi connectivity index (χ3v) is 3.96. The normalized spacial score (nSPS) is 19.2. The summed E-state index contributed by atoms with van der Waals surface area (Å²) < 4.78 is 1.84. The molecule has 2 heterocycles. The monoisotopic (exact) mass is 250 g/mol. The zero-order chi connectivity index (χ0) is 13.3. The van der Waals surface area contributed by atoms with Gasteiger partial charge in [0.1, 0.15) is 0 Å². The van der Waals surface area contributed by atoms with Gasteiger partial charge < -0.3 is 10.2 Å². The third-order valence-electron chi connectivity index (χ3n) is 3.96. The molecule has 18 heavy (non-hydrogen) atoms. The van der Waals surface area contributed by atoms with E-state index in [4.69, 9.17) is 0 Å². The van der Waals surface area contributed by atoms with Crippen LogP contribution in [-0.4, -0.2) is 46.8 Å².